The number of aromatic nitrogens is 1. The maximum atomic E-state index is 9.55. The highest BCUT2D eigenvalue weighted by Gasteiger charge is 2.29. The second-order valence-electron chi connectivity index (χ2n) is 10.9. The number of fused-ring (bicyclic) bond motifs is 2. The Bertz CT molecular complexity index is 1740. The molecule has 49 heavy (non-hydrogen) atoms. The molecule has 1 fully saturated rings. The van der Waals surface area contributed by atoms with E-state index < -0.39 is 11.9 Å². The number of likely N-dealkylation sites (N-methyl/N-ethyl adjacent to an activating group) is 1. The molecule has 1 atom stereocenters. The van der Waals surface area contributed by atoms with Crippen LogP contribution >= 0.6 is 35.9 Å². The smallest absolute Gasteiger partial charge is 0.328 e. The van der Waals surface area contributed by atoms with Crippen molar-refractivity contribution in [2.75, 3.05) is 50.9 Å². The van der Waals surface area contributed by atoms with Gasteiger partial charge in [-0.2, -0.15) is 5.11 Å². The van der Waals surface area contributed by atoms with E-state index >= 15 is 0 Å². The number of carboxylic acids is 2. The SMILES string of the molecule is CSc1ccc2c(c1)C(N1CCN(C)CC1)Cc1ccccc1S2.Cl.Nc1ccc(N=Nc2ccccc2)c(N)n1.O=C(O)C=CC(=O)O. The Morgan fingerprint density at radius 1 is 0.878 bits per heavy atom. The van der Waals surface area contributed by atoms with Crippen LogP contribution in [-0.2, 0) is 16.0 Å². The fourth-order valence-corrected chi connectivity index (χ4v) is 6.56. The lowest BCUT2D eigenvalue weighted by Crippen LogP contribution is -2.46. The number of thioether (sulfide) groups is 1. The average molecular weight is 722 g/mol. The number of carboxylic acid groups (broad SMARTS) is 2. The van der Waals surface area contributed by atoms with E-state index in [0.717, 1.165) is 25.2 Å². The van der Waals surface area contributed by atoms with Crippen LogP contribution in [0, 0.1) is 0 Å². The van der Waals surface area contributed by atoms with Crippen molar-refractivity contribution < 1.29 is 19.8 Å². The van der Waals surface area contributed by atoms with Crippen LogP contribution in [0.2, 0.25) is 0 Å². The minimum Gasteiger partial charge on any atom is -0.478 e. The largest absolute Gasteiger partial charge is 0.478 e. The van der Waals surface area contributed by atoms with Crippen LogP contribution in [0.5, 0.6) is 0 Å². The fraction of sp³-hybridized carbons (Fsp3) is 0.229. The van der Waals surface area contributed by atoms with Crippen molar-refractivity contribution in [3.05, 3.63) is 108 Å². The Kier molecular flexibility index (Phi) is 15.6. The highest BCUT2D eigenvalue weighted by atomic mass is 35.5. The van der Waals surface area contributed by atoms with Crippen LogP contribution in [0.15, 0.2) is 122 Å². The molecule has 0 bridgehead atoms. The molecule has 0 amide bonds. The van der Waals surface area contributed by atoms with Gasteiger partial charge in [-0.1, -0.05) is 48.2 Å². The van der Waals surface area contributed by atoms with E-state index in [4.69, 9.17) is 21.7 Å². The predicted octanol–water partition coefficient (Wildman–Crippen LogP) is 7.20. The summed E-state index contributed by atoms with van der Waals surface area (Å²) < 4.78 is 0. The number of carbonyl (C=O) groups is 2. The minimum absolute atomic E-state index is 0. The molecule has 4 aromatic rings. The molecule has 0 saturated carbocycles. The van der Waals surface area contributed by atoms with Crippen LogP contribution in [-0.4, -0.2) is 76.4 Å². The number of azo groups is 1. The van der Waals surface area contributed by atoms with E-state index in [1.165, 1.54) is 38.9 Å². The third-order valence-corrected chi connectivity index (χ3v) is 9.42. The van der Waals surface area contributed by atoms with Gasteiger partial charge in [-0.15, -0.1) is 29.3 Å². The Hall–Kier alpha value is -4.40. The molecule has 0 spiro atoms. The number of nitrogen functional groups attached to an aromatic ring is 2. The third-order valence-electron chi connectivity index (χ3n) is 7.48. The molecule has 1 unspecified atom stereocenters. The highest BCUT2D eigenvalue weighted by molar-refractivity contribution is 7.99. The minimum atomic E-state index is -1.26. The number of rotatable bonds is 6. The zero-order chi connectivity index (χ0) is 34.5. The first-order valence-electron chi connectivity index (χ1n) is 15.1. The summed E-state index contributed by atoms with van der Waals surface area (Å²) >= 11 is 3.79. The van der Waals surface area contributed by atoms with E-state index in [1.807, 2.05) is 53.9 Å². The van der Waals surface area contributed by atoms with E-state index in [9.17, 15) is 9.59 Å². The van der Waals surface area contributed by atoms with Crippen molar-refractivity contribution in [3.8, 4) is 0 Å². The molecule has 0 aliphatic carbocycles. The number of anilines is 2. The molecule has 2 aliphatic rings. The van der Waals surface area contributed by atoms with Gasteiger partial charge >= 0.3 is 11.9 Å². The molecule has 2 aliphatic heterocycles. The third kappa shape index (κ3) is 12.2. The summed E-state index contributed by atoms with van der Waals surface area (Å²) in [5, 5.41) is 23.7. The Morgan fingerprint density at radius 3 is 2.16 bits per heavy atom. The lowest BCUT2D eigenvalue weighted by atomic mass is 9.96. The number of aliphatic carboxylic acids is 2. The summed E-state index contributed by atoms with van der Waals surface area (Å²) in [7, 11) is 2.23. The lowest BCUT2D eigenvalue weighted by molar-refractivity contribution is -0.134. The molecule has 3 heterocycles. The molecule has 1 aromatic heterocycles. The molecular weight excluding hydrogens is 682 g/mol. The van der Waals surface area contributed by atoms with Crippen LogP contribution in [0.25, 0.3) is 0 Å². The van der Waals surface area contributed by atoms with E-state index in [-0.39, 0.29) is 18.2 Å². The molecule has 258 valence electrons. The van der Waals surface area contributed by atoms with Gasteiger partial charge in [0.25, 0.3) is 0 Å². The quantitative estimate of drug-likeness (QED) is 0.0902. The molecule has 6 rings (SSSR count). The van der Waals surface area contributed by atoms with Crippen molar-refractivity contribution in [2.45, 2.75) is 27.1 Å². The molecule has 3 aromatic carbocycles. The zero-order valence-electron chi connectivity index (χ0n) is 27.2. The van der Waals surface area contributed by atoms with Crippen LogP contribution in [0.3, 0.4) is 0 Å². The number of pyridine rings is 1. The van der Waals surface area contributed by atoms with Gasteiger partial charge in [0.05, 0.1) is 5.69 Å². The first-order chi connectivity index (χ1) is 23.1. The number of piperazine rings is 1. The van der Waals surface area contributed by atoms with Gasteiger partial charge in [-0.05, 0) is 79.4 Å². The van der Waals surface area contributed by atoms with Crippen LogP contribution in [0.4, 0.5) is 23.0 Å². The summed E-state index contributed by atoms with van der Waals surface area (Å²) in [6.45, 7) is 4.67. The number of hydrogen-bond acceptors (Lipinski definition) is 11. The predicted molar refractivity (Wildman–Crippen MR) is 200 cm³/mol. The fourth-order valence-electron chi connectivity index (χ4n) is 4.99. The molecule has 14 heteroatoms. The summed E-state index contributed by atoms with van der Waals surface area (Å²) in [5.74, 6) is -1.87. The highest BCUT2D eigenvalue weighted by Crippen LogP contribution is 2.44. The van der Waals surface area contributed by atoms with Crippen molar-refractivity contribution in [3.63, 3.8) is 0 Å². The Labute approximate surface area is 300 Å². The van der Waals surface area contributed by atoms with Gasteiger partial charge in [-0.25, -0.2) is 14.6 Å². The van der Waals surface area contributed by atoms with Crippen molar-refractivity contribution in [1.82, 2.24) is 14.8 Å². The van der Waals surface area contributed by atoms with Crippen molar-refractivity contribution >= 4 is 70.9 Å². The van der Waals surface area contributed by atoms with E-state index in [1.54, 1.807) is 12.1 Å². The van der Waals surface area contributed by atoms with Gasteiger partial charge in [0.2, 0.25) is 0 Å². The topological polar surface area (TPSA) is 171 Å². The summed E-state index contributed by atoms with van der Waals surface area (Å²) in [4.78, 5) is 32.4. The molecular formula is C35H40ClN7O4S2. The number of halogens is 1. The van der Waals surface area contributed by atoms with Gasteiger partial charge in [-0.3, -0.25) is 4.90 Å². The van der Waals surface area contributed by atoms with Crippen molar-refractivity contribution in [2.24, 2.45) is 10.2 Å². The number of benzene rings is 3. The average Bonchev–Trinajstić information content (AvgIpc) is 3.25. The first-order valence-corrected chi connectivity index (χ1v) is 17.2. The number of hydrogen-bond donors (Lipinski definition) is 4. The molecule has 6 N–H and O–H groups in total. The summed E-state index contributed by atoms with van der Waals surface area (Å²) in [5.41, 5.74) is 15.4. The zero-order valence-corrected chi connectivity index (χ0v) is 29.6. The Balaban J connectivity index is 0.000000225. The maximum absolute atomic E-state index is 9.55. The van der Waals surface area contributed by atoms with Gasteiger partial charge in [0.15, 0.2) is 5.82 Å². The molecule has 11 nitrogen and oxygen atoms in total. The molecule has 0 radical (unpaired) electrons. The standard InChI is InChI=1S/C20H24N2S2.C11H11N5.C4H4O4.ClH/c1-21-9-11-22(12-10-21)18-13-15-5-3-4-6-19(15)24-20-8-7-16(23-2)14-17(18)20;12-10-7-6-9(11(13)14-10)16-15-8-4-2-1-3-5-8;5-3(6)1-2-4(7)8;/h3-8,14,18H,9-13H2,1-2H3;1-7H,(H4,12,13,14);1-2H,(H,5,6)(H,7,8);1H. The second kappa shape index (κ2) is 19.6. The summed E-state index contributed by atoms with van der Waals surface area (Å²) in [6, 6.07) is 29.2. The van der Waals surface area contributed by atoms with Crippen LogP contribution in [0.1, 0.15) is 17.2 Å². The van der Waals surface area contributed by atoms with Gasteiger partial charge in [0, 0.05) is 59.1 Å². The maximum Gasteiger partial charge on any atom is 0.328 e. The first kappa shape index (κ1) is 39.0. The number of nitrogens with two attached hydrogens (primary N) is 2. The Morgan fingerprint density at radius 2 is 1.53 bits per heavy atom. The van der Waals surface area contributed by atoms with E-state index in [2.05, 4.69) is 80.8 Å². The van der Waals surface area contributed by atoms with Crippen LogP contribution < -0.4 is 11.5 Å². The second-order valence-corrected chi connectivity index (χ2v) is 12.8. The van der Waals surface area contributed by atoms with Crippen molar-refractivity contribution in [1.29, 1.82) is 0 Å². The van der Waals surface area contributed by atoms with E-state index in [0.29, 0.717) is 29.7 Å². The van der Waals surface area contributed by atoms with Gasteiger partial charge < -0.3 is 26.6 Å². The number of nitrogens with zero attached hydrogens (tertiary/aromatic N) is 5. The lowest BCUT2D eigenvalue weighted by Gasteiger charge is -2.38. The molecule has 1 saturated heterocycles. The summed E-state index contributed by atoms with van der Waals surface area (Å²) in [6.07, 6.45) is 4.41. The normalized spacial score (nSPS) is 15.8. The van der Waals surface area contributed by atoms with Gasteiger partial charge in [0.1, 0.15) is 11.5 Å². The monoisotopic (exact) mass is 721 g/mol.